The summed E-state index contributed by atoms with van der Waals surface area (Å²) in [6, 6.07) is 3.78. The number of carbonyl (C=O) groups is 1. The third-order valence-electron chi connectivity index (χ3n) is 3.31. The first-order chi connectivity index (χ1) is 9.37. The molecule has 0 saturated carbocycles. The molecule has 0 aliphatic heterocycles. The fraction of sp³-hybridized carbons (Fsp3) is 0.625. The molecule has 2 N–H and O–H groups in total. The Hall–Kier alpha value is -1.42. The highest BCUT2D eigenvalue weighted by Crippen LogP contribution is 2.22. The Bertz CT molecular complexity index is 411. The van der Waals surface area contributed by atoms with Gasteiger partial charge in [-0.1, -0.05) is 27.7 Å². The number of nitrogens with one attached hydrogen (secondary N) is 2. The van der Waals surface area contributed by atoms with Crippen molar-refractivity contribution in [3.05, 3.63) is 30.1 Å². The van der Waals surface area contributed by atoms with E-state index in [4.69, 9.17) is 0 Å². The van der Waals surface area contributed by atoms with Gasteiger partial charge in [0.1, 0.15) is 0 Å². The molecular formula is C16H27N3O. The number of likely N-dealkylation sites (N-methyl/N-ethyl adjacent to an activating group) is 1. The Kier molecular flexibility index (Phi) is 6.14. The molecule has 0 saturated heterocycles. The average Bonchev–Trinajstić information content (AvgIpc) is 2.41. The SMILES string of the molecule is CCC(NC(=O)C(CC(C)(C)C)NC)c1ccncc1. The molecule has 2 atom stereocenters. The number of hydrogen-bond acceptors (Lipinski definition) is 3. The fourth-order valence-electron chi connectivity index (χ4n) is 2.23. The van der Waals surface area contributed by atoms with E-state index in [0.717, 1.165) is 18.4 Å². The van der Waals surface area contributed by atoms with E-state index >= 15 is 0 Å². The summed E-state index contributed by atoms with van der Waals surface area (Å²) in [4.78, 5) is 16.4. The van der Waals surface area contributed by atoms with Crippen molar-refractivity contribution in [3.8, 4) is 0 Å². The van der Waals surface area contributed by atoms with E-state index in [2.05, 4.69) is 43.3 Å². The van der Waals surface area contributed by atoms with Crippen molar-refractivity contribution in [2.75, 3.05) is 7.05 Å². The van der Waals surface area contributed by atoms with Gasteiger partial charge < -0.3 is 10.6 Å². The zero-order chi connectivity index (χ0) is 15.2. The molecule has 112 valence electrons. The second-order valence-electron chi connectivity index (χ2n) is 6.36. The van der Waals surface area contributed by atoms with Crippen molar-refractivity contribution in [1.29, 1.82) is 0 Å². The third-order valence-corrected chi connectivity index (χ3v) is 3.31. The maximum atomic E-state index is 12.4. The fourth-order valence-corrected chi connectivity index (χ4v) is 2.23. The van der Waals surface area contributed by atoms with Crippen LogP contribution in [0.1, 0.15) is 52.1 Å². The summed E-state index contributed by atoms with van der Waals surface area (Å²) >= 11 is 0. The molecule has 2 unspecified atom stereocenters. The summed E-state index contributed by atoms with van der Waals surface area (Å²) in [7, 11) is 1.84. The molecule has 4 heteroatoms. The molecule has 0 aliphatic rings. The van der Waals surface area contributed by atoms with Crippen molar-refractivity contribution in [2.24, 2.45) is 5.41 Å². The molecule has 1 aromatic heterocycles. The lowest BCUT2D eigenvalue weighted by Gasteiger charge is -2.27. The van der Waals surface area contributed by atoms with Gasteiger partial charge in [-0.3, -0.25) is 9.78 Å². The van der Waals surface area contributed by atoms with Crippen LogP contribution in [0, 0.1) is 5.41 Å². The number of nitrogens with zero attached hydrogens (tertiary/aromatic N) is 1. The van der Waals surface area contributed by atoms with Crippen LogP contribution in [0.5, 0.6) is 0 Å². The zero-order valence-corrected chi connectivity index (χ0v) is 13.2. The van der Waals surface area contributed by atoms with E-state index in [1.807, 2.05) is 19.2 Å². The average molecular weight is 277 g/mol. The van der Waals surface area contributed by atoms with Crippen LogP contribution in [0.3, 0.4) is 0 Å². The summed E-state index contributed by atoms with van der Waals surface area (Å²) in [6.45, 7) is 8.50. The Morgan fingerprint density at radius 1 is 1.30 bits per heavy atom. The van der Waals surface area contributed by atoms with Gasteiger partial charge in [-0.25, -0.2) is 0 Å². The van der Waals surface area contributed by atoms with Gasteiger partial charge in [0, 0.05) is 12.4 Å². The first kappa shape index (κ1) is 16.6. The van der Waals surface area contributed by atoms with Gasteiger partial charge in [0.05, 0.1) is 12.1 Å². The molecule has 1 aromatic rings. The van der Waals surface area contributed by atoms with Gasteiger partial charge in [-0.15, -0.1) is 0 Å². The highest BCUT2D eigenvalue weighted by atomic mass is 16.2. The predicted molar refractivity (Wildman–Crippen MR) is 82.3 cm³/mol. The third kappa shape index (κ3) is 5.29. The van der Waals surface area contributed by atoms with Gasteiger partial charge in [0.2, 0.25) is 5.91 Å². The minimum atomic E-state index is -0.161. The molecule has 1 amide bonds. The van der Waals surface area contributed by atoms with Crippen molar-refractivity contribution in [3.63, 3.8) is 0 Å². The monoisotopic (exact) mass is 277 g/mol. The molecule has 1 heterocycles. The lowest BCUT2D eigenvalue weighted by atomic mass is 9.87. The van der Waals surface area contributed by atoms with E-state index in [0.29, 0.717) is 0 Å². The molecule has 0 fully saturated rings. The van der Waals surface area contributed by atoms with Crippen LogP contribution >= 0.6 is 0 Å². The molecule has 0 aromatic carbocycles. The highest BCUT2D eigenvalue weighted by Gasteiger charge is 2.25. The van der Waals surface area contributed by atoms with Crippen LogP contribution in [-0.4, -0.2) is 24.0 Å². The van der Waals surface area contributed by atoms with Crippen LogP contribution in [0.4, 0.5) is 0 Å². The molecular weight excluding hydrogens is 250 g/mol. The number of hydrogen-bond donors (Lipinski definition) is 2. The summed E-state index contributed by atoms with van der Waals surface area (Å²) in [5.41, 5.74) is 1.21. The minimum absolute atomic E-state index is 0.0429. The largest absolute Gasteiger partial charge is 0.348 e. The Balaban J connectivity index is 2.71. The van der Waals surface area contributed by atoms with Crippen molar-refractivity contribution >= 4 is 5.91 Å². The first-order valence-corrected chi connectivity index (χ1v) is 7.25. The number of rotatable bonds is 6. The normalized spacial score (nSPS) is 14.7. The number of amides is 1. The van der Waals surface area contributed by atoms with E-state index in [1.54, 1.807) is 12.4 Å². The van der Waals surface area contributed by atoms with E-state index < -0.39 is 0 Å². The minimum Gasteiger partial charge on any atom is -0.348 e. The van der Waals surface area contributed by atoms with E-state index in [1.165, 1.54) is 0 Å². The maximum Gasteiger partial charge on any atom is 0.237 e. The number of aromatic nitrogens is 1. The smallest absolute Gasteiger partial charge is 0.237 e. The van der Waals surface area contributed by atoms with Crippen LogP contribution < -0.4 is 10.6 Å². The Labute approximate surface area is 122 Å². The topological polar surface area (TPSA) is 54.0 Å². The Morgan fingerprint density at radius 2 is 1.90 bits per heavy atom. The van der Waals surface area contributed by atoms with Crippen molar-refractivity contribution in [1.82, 2.24) is 15.6 Å². The van der Waals surface area contributed by atoms with Crippen molar-refractivity contribution < 1.29 is 4.79 Å². The van der Waals surface area contributed by atoms with Crippen LogP contribution in [0.15, 0.2) is 24.5 Å². The van der Waals surface area contributed by atoms with Gasteiger partial charge in [-0.2, -0.15) is 0 Å². The molecule has 4 nitrogen and oxygen atoms in total. The second kappa shape index (κ2) is 7.39. The molecule has 0 aliphatic carbocycles. The predicted octanol–water partition coefficient (Wildman–Crippen LogP) is 2.67. The van der Waals surface area contributed by atoms with E-state index in [-0.39, 0.29) is 23.4 Å². The Morgan fingerprint density at radius 3 is 2.35 bits per heavy atom. The summed E-state index contributed by atoms with van der Waals surface area (Å²) in [5.74, 6) is 0.0612. The number of carbonyl (C=O) groups excluding carboxylic acids is 1. The molecule has 1 rings (SSSR count). The van der Waals surface area contributed by atoms with Gasteiger partial charge >= 0.3 is 0 Å². The van der Waals surface area contributed by atoms with Gasteiger partial charge in [-0.05, 0) is 43.0 Å². The highest BCUT2D eigenvalue weighted by molar-refractivity contribution is 5.82. The van der Waals surface area contributed by atoms with E-state index in [9.17, 15) is 4.79 Å². The molecule has 0 bridgehead atoms. The van der Waals surface area contributed by atoms with Crippen LogP contribution in [0.2, 0.25) is 0 Å². The molecule has 0 spiro atoms. The number of pyridine rings is 1. The lowest BCUT2D eigenvalue weighted by Crippen LogP contribution is -2.45. The first-order valence-electron chi connectivity index (χ1n) is 7.25. The van der Waals surface area contributed by atoms with Crippen LogP contribution in [0.25, 0.3) is 0 Å². The summed E-state index contributed by atoms with van der Waals surface area (Å²) < 4.78 is 0. The molecule has 20 heavy (non-hydrogen) atoms. The van der Waals surface area contributed by atoms with Crippen LogP contribution in [-0.2, 0) is 4.79 Å². The van der Waals surface area contributed by atoms with Crippen molar-refractivity contribution in [2.45, 2.75) is 52.6 Å². The summed E-state index contributed by atoms with van der Waals surface area (Å²) in [5, 5.41) is 6.24. The zero-order valence-electron chi connectivity index (χ0n) is 13.2. The molecule has 0 radical (unpaired) electrons. The maximum absolute atomic E-state index is 12.4. The van der Waals surface area contributed by atoms with Gasteiger partial charge in [0.25, 0.3) is 0 Å². The standard InChI is InChI=1S/C16H27N3O/c1-6-13(12-7-9-18-10-8-12)19-15(20)14(17-5)11-16(2,3)4/h7-10,13-14,17H,6,11H2,1-5H3,(H,19,20). The second-order valence-corrected chi connectivity index (χ2v) is 6.36. The summed E-state index contributed by atoms with van der Waals surface area (Å²) in [6.07, 6.45) is 5.19. The quantitative estimate of drug-likeness (QED) is 0.840. The lowest BCUT2D eigenvalue weighted by molar-refractivity contribution is -0.124. The van der Waals surface area contributed by atoms with Gasteiger partial charge in [0.15, 0.2) is 0 Å².